The Balaban J connectivity index is 1.89. The van der Waals surface area contributed by atoms with Crippen molar-refractivity contribution in [1.82, 2.24) is 14.5 Å². The van der Waals surface area contributed by atoms with Crippen LogP contribution in [0.15, 0.2) is 24.3 Å². The lowest BCUT2D eigenvalue weighted by Crippen LogP contribution is -2.69. The Morgan fingerprint density at radius 3 is 2.31 bits per heavy atom. The molecule has 7 nitrogen and oxygen atoms in total. The average Bonchev–Trinajstić information content (AvgIpc) is 3.17. The first-order valence-corrected chi connectivity index (χ1v) is 12.1. The minimum Gasteiger partial charge on any atom is -0.351 e. The summed E-state index contributed by atoms with van der Waals surface area (Å²) in [5, 5.41) is 3.06. The van der Waals surface area contributed by atoms with Gasteiger partial charge in [-0.15, -0.1) is 0 Å². The Hall–Kier alpha value is -1.93. The van der Waals surface area contributed by atoms with E-state index in [9.17, 15) is 18.0 Å². The van der Waals surface area contributed by atoms with Crippen LogP contribution in [0.5, 0.6) is 0 Å². The number of amides is 2. The minimum atomic E-state index is -3.59. The third kappa shape index (κ3) is 4.80. The van der Waals surface area contributed by atoms with E-state index in [1.165, 1.54) is 5.56 Å². The van der Waals surface area contributed by atoms with Gasteiger partial charge < -0.3 is 10.2 Å². The first kappa shape index (κ1) is 21.8. The summed E-state index contributed by atoms with van der Waals surface area (Å²) in [6.45, 7) is 3.75. The van der Waals surface area contributed by atoms with Crippen molar-refractivity contribution < 1.29 is 18.0 Å². The molecule has 160 valence electrons. The van der Waals surface area contributed by atoms with Crippen LogP contribution in [0.25, 0.3) is 0 Å². The summed E-state index contributed by atoms with van der Waals surface area (Å²) >= 11 is 0. The number of benzene rings is 1. The van der Waals surface area contributed by atoms with Gasteiger partial charge in [0, 0.05) is 19.1 Å². The molecule has 3 rings (SSSR count). The Morgan fingerprint density at radius 1 is 1.17 bits per heavy atom. The first-order chi connectivity index (χ1) is 13.6. The van der Waals surface area contributed by atoms with Gasteiger partial charge in [-0.05, 0) is 37.3 Å². The second-order valence-electron chi connectivity index (χ2n) is 8.41. The summed E-state index contributed by atoms with van der Waals surface area (Å²) in [4.78, 5) is 27.8. The molecule has 0 bridgehead atoms. The number of carbonyl (C=O) groups is 2. The monoisotopic (exact) mass is 421 g/mol. The quantitative estimate of drug-likeness (QED) is 0.757. The molecular formula is C21H31N3O4S. The minimum absolute atomic E-state index is 0.0385. The molecule has 1 aliphatic heterocycles. The molecule has 0 radical (unpaired) electrons. The van der Waals surface area contributed by atoms with E-state index < -0.39 is 15.6 Å². The molecule has 1 saturated carbocycles. The third-order valence-corrected chi connectivity index (χ3v) is 7.31. The summed E-state index contributed by atoms with van der Waals surface area (Å²) < 4.78 is 25.4. The molecule has 1 heterocycles. The van der Waals surface area contributed by atoms with E-state index in [0.717, 1.165) is 48.2 Å². The standard InChI is InChI=1S/C21H31N3O4S/c1-4-16-9-11-17(12-10-16)13-24-19(25)14-23(29(3,27)28)15-21(24,2)20(26)22-18-7-5-6-8-18/h9-12,18H,4-8,13-15H2,1-3H3,(H,22,26). The van der Waals surface area contributed by atoms with E-state index in [1.54, 1.807) is 11.8 Å². The fourth-order valence-corrected chi connectivity index (χ4v) is 4.99. The molecule has 1 unspecified atom stereocenters. The van der Waals surface area contributed by atoms with Gasteiger partial charge in [0.25, 0.3) is 0 Å². The van der Waals surface area contributed by atoms with Gasteiger partial charge in [-0.2, -0.15) is 4.31 Å². The van der Waals surface area contributed by atoms with Crippen LogP contribution in [0.4, 0.5) is 0 Å². The summed E-state index contributed by atoms with van der Waals surface area (Å²) in [6, 6.07) is 8.05. The van der Waals surface area contributed by atoms with Crippen LogP contribution < -0.4 is 5.32 Å². The smallest absolute Gasteiger partial charge is 0.247 e. The van der Waals surface area contributed by atoms with Crippen molar-refractivity contribution in [2.45, 2.75) is 64.1 Å². The third-order valence-electron chi connectivity index (χ3n) is 6.11. The van der Waals surface area contributed by atoms with Crippen molar-refractivity contribution in [2.75, 3.05) is 19.3 Å². The topological polar surface area (TPSA) is 86.8 Å². The fourth-order valence-electron chi connectivity index (χ4n) is 4.16. The largest absolute Gasteiger partial charge is 0.351 e. The molecule has 2 fully saturated rings. The molecular weight excluding hydrogens is 390 g/mol. The summed E-state index contributed by atoms with van der Waals surface area (Å²) in [5.74, 6) is -0.637. The highest BCUT2D eigenvalue weighted by molar-refractivity contribution is 7.88. The van der Waals surface area contributed by atoms with Crippen molar-refractivity contribution >= 4 is 21.8 Å². The summed E-state index contributed by atoms with van der Waals surface area (Å²) in [5.41, 5.74) is 0.858. The van der Waals surface area contributed by atoms with Crippen molar-refractivity contribution in [1.29, 1.82) is 0 Å². The van der Waals surface area contributed by atoms with E-state index in [2.05, 4.69) is 12.2 Å². The molecule has 0 aromatic heterocycles. The van der Waals surface area contributed by atoms with E-state index in [1.807, 2.05) is 24.3 Å². The van der Waals surface area contributed by atoms with Gasteiger partial charge in [0.05, 0.1) is 12.8 Å². The highest BCUT2D eigenvalue weighted by Gasteiger charge is 2.49. The highest BCUT2D eigenvalue weighted by atomic mass is 32.2. The van der Waals surface area contributed by atoms with E-state index in [-0.39, 0.29) is 37.5 Å². The molecule has 1 N–H and O–H groups in total. The molecule has 2 aliphatic rings. The van der Waals surface area contributed by atoms with Gasteiger partial charge in [0.1, 0.15) is 5.54 Å². The van der Waals surface area contributed by atoms with Crippen molar-refractivity contribution in [3.05, 3.63) is 35.4 Å². The lowest BCUT2D eigenvalue weighted by molar-refractivity contribution is -0.154. The number of sulfonamides is 1. The van der Waals surface area contributed by atoms with Crippen LogP contribution in [0, 0.1) is 0 Å². The van der Waals surface area contributed by atoms with Gasteiger partial charge >= 0.3 is 0 Å². The maximum Gasteiger partial charge on any atom is 0.247 e. The Kier molecular flexibility index (Phi) is 6.33. The van der Waals surface area contributed by atoms with Crippen LogP contribution in [-0.2, 0) is 32.6 Å². The number of hydrogen-bond donors (Lipinski definition) is 1. The normalized spacial score (nSPS) is 24.1. The van der Waals surface area contributed by atoms with Gasteiger partial charge in [0.2, 0.25) is 21.8 Å². The van der Waals surface area contributed by atoms with Crippen LogP contribution in [0.3, 0.4) is 0 Å². The maximum atomic E-state index is 13.3. The SMILES string of the molecule is CCc1ccc(CN2C(=O)CN(S(C)(=O)=O)CC2(C)C(=O)NC2CCCC2)cc1. The zero-order chi connectivity index (χ0) is 21.2. The first-order valence-electron chi connectivity index (χ1n) is 10.3. The number of piperazine rings is 1. The molecule has 1 aromatic rings. The van der Waals surface area contributed by atoms with Crippen molar-refractivity contribution in [3.63, 3.8) is 0 Å². The van der Waals surface area contributed by atoms with Crippen LogP contribution in [0.1, 0.15) is 50.7 Å². The zero-order valence-corrected chi connectivity index (χ0v) is 18.3. The number of nitrogens with zero attached hydrogens (tertiary/aromatic N) is 2. The van der Waals surface area contributed by atoms with E-state index in [0.29, 0.717) is 0 Å². The number of hydrogen-bond acceptors (Lipinski definition) is 4. The summed E-state index contributed by atoms with van der Waals surface area (Å²) in [6.07, 6.45) is 5.99. The van der Waals surface area contributed by atoms with Crippen LogP contribution in [-0.4, -0.2) is 60.4 Å². The molecule has 0 spiro atoms. The number of nitrogens with one attached hydrogen (secondary N) is 1. The molecule has 1 saturated heterocycles. The molecule has 29 heavy (non-hydrogen) atoms. The molecule has 8 heteroatoms. The number of rotatable bonds is 6. The number of aryl methyl sites for hydroxylation is 1. The van der Waals surface area contributed by atoms with Crippen LogP contribution in [0.2, 0.25) is 0 Å². The van der Waals surface area contributed by atoms with Gasteiger partial charge in [0.15, 0.2) is 0 Å². The average molecular weight is 422 g/mol. The zero-order valence-electron chi connectivity index (χ0n) is 17.5. The van der Waals surface area contributed by atoms with Gasteiger partial charge in [-0.25, -0.2) is 8.42 Å². The maximum absolute atomic E-state index is 13.3. The molecule has 1 aliphatic carbocycles. The van der Waals surface area contributed by atoms with Crippen LogP contribution >= 0.6 is 0 Å². The molecule has 1 aromatic carbocycles. The Bertz CT molecular complexity index is 862. The highest BCUT2D eigenvalue weighted by Crippen LogP contribution is 2.28. The second kappa shape index (κ2) is 8.44. The van der Waals surface area contributed by atoms with Crippen molar-refractivity contribution in [3.8, 4) is 0 Å². The Morgan fingerprint density at radius 2 is 1.76 bits per heavy atom. The lowest BCUT2D eigenvalue weighted by atomic mass is 9.94. The van der Waals surface area contributed by atoms with Gasteiger partial charge in [-0.3, -0.25) is 9.59 Å². The summed E-state index contributed by atoms with van der Waals surface area (Å²) in [7, 11) is -3.59. The fraction of sp³-hybridized carbons (Fsp3) is 0.619. The second-order valence-corrected chi connectivity index (χ2v) is 10.4. The van der Waals surface area contributed by atoms with Gasteiger partial charge in [-0.1, -0.05) is 44.0 Å². The predicted molar refractivity (Wildman–Crippen MR) is 112 cm³/mol. The van der Waals surface area contributed by atoms with Crippen molar-refractivity contribution in [2.24, 2.45) is 0 Å². The lowest BCUT2D eigenvalue weighted by Gasteiger charge is -2.47. The Labute approximate surface area is 173 Å². The molecule has 1 atom stereocenters. The number of carbonyl (C=O) groups excluding carboxylic acids is 2. The van der Waals surface area contributed by atoms with E-state index in [4.69, 9.17) is 0 Å². The van der Waals surface area contributed by atoms with E-state index >= 15 is 0 Å². The predicted octanol–water partition coefficient (Wildman–Crippen LogP) is 1.67. The molecule has 2 amide bonds.